The van der Waals surface area contributed by atoms with Gasteiger partial charge in [0.1, 0.15) is 22.8 Å². The van der Waals surface area contributed by atoms with Crippen molar-refractivity contribution >= 4 is 21.5 Å². The molecule has 0 radical (unpaired) electrons. The predicted molar refractivity (Wildman–Crippen MR) is 198 cm³/mol. The molecule has 232 valence electrons. The van der Waals surface area contributed by atoms with Crippen LogP contribution in [0.3, 0.4) is 0 Å². The van der Waals surface area contributed by atoms with Crippen LogP contribution in [0.25, 0.3) is 21.5 Å². The molecule has 0 amide bonds. The lowest BCUT2D eigenvalue weighted by atomic mass is 9.63. The van der Waals surface area contributed by atoms with Crippen molar-refractivity contribution in [1.29, 1.82) is 0 Å². The van der Waals surface area contributed by atoms with E-state index in [-0.39, 0.29) is 0 Å². The van der Waals surface area contributed by atoms with Crippen LogP contribution in [0.15, 0.2) is 194 Å². The van der Waals surface area contributed by atoms with Gasteiger partial charge in [-0.05, 0) is 70.3 Å². The number of allylic oxidation sites excluding steroid dienone is 2. The number of hydrogen-bond acceptors (Lipinski definition) is 2. The Morgan fingerprint density at radius 3 is 1.58 bits per heavy atom. The van der Waals surface area contributed by atoms with E-state index in [4.69, 9.17) is 9.47 Å². The Bertz CT molecular complexity index is 2220. The van der Waals surface area contributed by atoms with E-state index in [9.17, 15) is 0 Å². The SMILES string of the molecule is CC1(Oc2cccc3ccccc23)C=CC(C(c2ccccc2)(c2ccccc2)c2ccc(Oc3cccc4ccccc34)cc2)=CC1. The number of fused-ring (bicyclic) bond motifs is 2. The van der Waals surface area contributed by atoms with E-state index in [1.54, 1.807) is 0 Å². The van der Waals surface area contributed by atoms with E-state index in [1.807, 2.05) is 12.1 Å². The van der Waals surface area contributed by atoms with Crippen LogP contribution >= 0.6 is 0 Å². The normalized spacial score (nSPS) is 16.1. The molecular formula is C46H36O2. The van der Waals surface area contributed by atoms with Gasteiger partial charge in [-0.3, -0.25) is 0 Å². The van der Waals surface area contributed by atoms with Gasteiger partial charge in [-0.15, -0.1) is 0 Å². The summed E-state index contributed by atoms with van der Waals surface area (Å²) in [4.78, 5) is 0. The Labute approximate surface area is 282 Å². The first kappa shape index (κ1) is 29.5. The van der Waals surface area contributed by atoms with Crippen molar-refractivity contribution < 1.29 is 9.47 Å². The lowest BCUT2D eigenvalue weighted by molar-refractivity contribution is 0.144. The largest absolute Gasteiger partial charge is 0.483 e. The zero-order valence-electron chi connectivity index (χ0n) is 26.9. The summed E-state index contributed by atoms with van der Waals surface area (Å²) in [5, 5.41) is 4.55. The third kappa shape index (κ3) is 5.36. The Morgan fingerprint density at radius 2 is 1.00 bits per heavy atom. The molecule has 7 aromatic rings. The first-order chi connectivity index (χ1) is 23.6. The zero-order chi connectivity index (χ0) is 32.4. The van der Waals surface area contributed by atoms with Crippen molar-refractivity contribution in [3.05, 3.63) is 210 Å². The molecule has 2 nitrogen and oxygen atoms in total. The average molecular weight is 621 g/mol. The summed E-state index contributed by atoms with van der Waals surface area (Å²) in [6.07, 6.45) is 7.61. The lowest BCUT2D eigenvalue weighted by Crippen LogP contribution is -2.36. The van der Waals surface area contributed by atoms with Crippen LogP contribution in [-0.2, 0) is 5.41 Å². The van der Waals surface area contributed by atoms with E-state index in [0.717, 1.165) is 39.8 Å². The fourth-order valence-electron chi connectivity index (χ4n) is 7.17. The maximum Gasteiger partial charge on any atom is 0.135 e. The Kier molecular flexibility index (Phi) is 7.62. The third-order valence-corrected chi connectivity index (χ3v) is 9.55. The summed E-state index contributed by atoms with van der Waals surface area (Å²) in [5.74, 6) is 2.55. The second kappa shape index (κ2) is 12.4. The maximum atomic E-state index is 6.79. The molecule has 0 saturated heterocycles. The van der Waals surface area contributed by atoms with Gasteiger partial charge in [0.15, 0.2) is 0 Å². The molecule has 1 atom stereocenters. The maximum absolute atomic E-state index is 6.79. The topological polar surface area (TPSA) is 18.5 Å². The highest BCUT2D eigenvalue weighted by atomic mass is 16.5. The Balaban J connectivity index is 1.20. The van der Waals surface area contributed by atoms with E-state index in [2.05, 4.69) is 183 Å². The Morgan fingerprint density at radius 1 is 0.500 bits per heavy atom. The van der Waals surface area contributed by atoms with Gasteiger partial charge < -0.3 is 9.47 Å². The zero-order valence-corrected chi connectivity index (χ0v) is 26.9. The quantitative estimate of drug-likeness (QED) is 0.157. The van der Waals surface area contributed by atoms with Gasteiger partial charge >= 0.3 is 0 Å². The highest BCUT2D eigenvalue weighted by molar-refractivity contribution is 5.89. The molecule has 1 unspecified atom stereocenters. The molecule has 1 aliphatic rings. The molecule has 0 saturated carbocycles. The van der Waals surface area contributed by atoms with Crippen LogP contribution < -0.4 is 9.47 Å². The molecule has 0 spiro atoms. The summed E-state index contributed by atoms with van der Waals surface area (Å²) in [5.41, 5.74) is 3.73. The van der Waals surface area contributed by atoms with Crippen molar-refractivity contribution in [2.45, 2.75) is 24.4 Å². The van der Waals surface area contributed by atoms with Crippen LogP contribution in [0.1, 0.15) is 30.0 Å². The molecule has 0 aliphatic heterocycles. The van der Waals surface area contributed by atoms with Crippen LogP contribution in [0.2, 0.25) is 0 Å². The smallest absolute Gasteiger partial charge is 0.135 e. The van der Waals surface area contributed by atoms with Gasteiger partial charge in [-0.2, -0.15) is 0 Å². The van der Waals surface area contributed by atoms with Crippen molar-refractivity contribution in [3.63, 3.8) is 0 Å². The van der Waals surface area contributed by atoms with Crippen molar-refractivity contribution in [2.24, 2.45) is 0 Å². The summed E-state index contributed by atoms with van der Waals surface area (Å²) < 4.78 is 13.3. The minimum absolute atomic E-state index is 0.497. The minimum atomic E-state index is -0.558. The van der Waals surface area contributed by atoms with Crippen molar-refractivity contribution in [3.8, 4) is 17.2 Å². The first-order valence-electron chi connectivity index (χ1n) is 16.6. The highest BCUT2D eigenvalue weighted by Gasteiger charge is 2.41. The second-order valence-electron chi connectivity index (χ2n) is 12.7. The first-order valence-corrected chi connectivity index (χ1v) is 16.6. The van der Waals surface area contributed by atoms with Gasteiger partial charge in [0.2, 0.25) is 0 Å². The van der Waals surface area contributed by atoms with Gasteiger partial charge in [-0.1, -0.05) is 158 Å². The Hall–Kier alpha value is -5.86. The van der Waals surface area contributed by atoms with Gasteiger partial charge in [0, 0.05) is 17.2 Å². The van der Waals surface area contributed by atoms with E-state index >= 15 is 0 Å². The summed E-state index contributed by atoms with van der Waals surface area (Å²) in [6.45, 7) is 2.17. The molecule has 2 heteroatoms. The number of ether oxygens (including phenoxy) is 2. The fourth-order valence-corrected chi connectivity index (χ4v) is 7.17. The van der Waals surface area contributed by atoms with Crippen LogP contribution in [-0.4, -0.2) is 5.60 Å². The molecule has 0 bridgehead atoms. The third-order valence-electron chi connectivity index (χ3n) is 9.55. The van der Waals surface area contributed by atoms with E-state index < -0.39 is 11.0 Å². The molecule has 1 aliphatic carbocycles. The van der Waals surface area contributed by atoms with Crippen molar-refractivity contribution in [1.82, 2.24) is 0 Å². The molecule has 0 heterocycles. The number of hydrogen-bond donors (Lipinski definition) is 0. The summed E-state index contributed by atoms with van der Waals surface area (Å²) in [6, 6.07) is 59.5. The molecular weight excluding hydrogens is 585 g/mol. The molecule has 7 aromatic carbocycles. The predicted octanol–water partition coefficient (Wildman–Crippen LogP) is 11.8. The average Bonchev–Trinajstić information content (AvgIpc) is 3.14. The van der Waals surface area contributed by atoms with Gasteiger partial charge in [0.05, 0.1) is 5.41 Å². The van der Waals surface area contributed by atoms with Crippen LogP contribution in [0, 0.1) is 0 Å². The number of benzene rings is 7. The monoisotopic (exact) mass is 620 g/mol. The number of rotatable bonds is 8. The highest BCUT2D eigenvalue weighted by Crippen LogP contribution is 2.48. The minimum Gasteiger partial charge on any atom is -0.483 e. The van der Waals surface area contributed by atoms with Crippen LogP contribution in [0.4, 0.5) is 0 Å². The molecule has 0 fully saturated rings. The van der Waals surface area contributed by atoms with E-state index in [1.165, 1.54) is 27.6 Å². The van der Waals surface area contributed by atoms with Crippen molar-refractivity contribution in [2.75, 3.05) is 0 Å². The fraction of sp³-hybridized carbons (Fsp3) is 0.0870. The standard InChI is InChI=1S/C46H36O2/c1-45(48-44-25-13-17-35-15-9-11-23-42(35)44)32-30-39(31-33-45)46(36-18-4-2-5-19-36,37-20-6-3-7-21-37)38-26-28-40(29-27-38)47-43-24-12-16-34-14-8-10-22-41(34)43/h2-32H,33H2,1H3. The molecule has 0 aromatic heterocycles. The second-order valence-corrected chi connectivity index (χ2v) is 12.7. The molecule has 8 rings (SSSR count). The van der Waals surface area contributed by atoms with Gasteiger partial charge in [-0.25, -0.2) is 0 Å². The summed E-state index contributed by atoms with van der Waals surface area (Å²) >= 11 is 0. The molecule has 0 N–H and O–H groups in total. The lowest BCUT2D eigenvalue weighted by Gasteiger charge is -2.40. The van der Waals surface area contributed by atoms with Gasteiger partial charge in [0.25, 0.3) is 0 Å². The summed E-state index contributed by atoms with van der Waals surface area (Å²) in [7, 11) is 0. The van der Waals surface area contributed by atoms with Crippen LogP contribution in [0.5, 0.6) is 17.2 Å². The van der Waals surface area contributed by atoms with E-state index in [0.29, 0.717) is 0 Å². The molecule has 48 heavy (non-hydrogen) atoms.